The van der Waals surface area contributed by atoms with E-state index in [1.54, 1.807) is 49.4 Å². The van der Waals surface area contributed by atoms with Gasteiger partial charge in [-0.25, -0.2) is 9.59 Å². The lowest BCUT2D eigenvalue weighted by Gasteiger charge is -2.19. The lowest BCUT2D eigenvalue weighted by atomic mass is 10.0. The zero-order valence-electron chi connectivity index (χ0n) is 25.9. The minimum Gasteiger partial charge on any atom is -0.462 e. The highest BCUT2D eigenvalue weighted by atomic mass is 16.5. The second-order valence-electron chi connectivity index (χ2n) is 10.6. The summed E-state index contributed by atoms with van der Waals surface area (Å²) in [6.45, 7) is 2.34. The Bertz CT molecular complexity index is 1820. The van der Waals surface area contributed by atoms with Crippen molar-refractivity contribution >= 4 is 40.5 Å². The molecule has 4 aromatic carbocycles. The highest BCUT2D eigenvalue weighted by Crippen LogP contribution is 2.29. The first-order valence-corrected chi connectivity index (χ1v) is 15.3. The van der Waals surface area contributed by atoms with Crippen molar-refractivity contribution in [2.45, 2.75) is 32.4 Å². The Morgan fingerprint density at radius 3 is 2.38 bits per heavy atom. The van der Waals surface area contributed by atoms with E-state index >= 15 is 0 Å². The van der Waals surface area contributed by atoms with Crippen LogP contribution in [0.4, 0.5) is 10.5 Å². The summed E-state index contributed by atoms with van der Waals surface area (Å²) in [5.41, 5.74) is 3.67. The van der Waals surface area contributed by atoms with Crippen molar-refractivity contribution < 1.29 is 33.1 Å². The average Bonchev–Trinajstić information content (AvgIpc) is 3.54. The maximum atomic E-state index is 13.7. The summed E-state index contributed by atoms with van der Waals surface area (Å²) >= 11 is 0. The third kappa shape index (κ3) is 8.85. The molecule has 0 aliphatic heterocycles. The van der Waals surface area contributed by atoms with Crippen LogP contribution in [0.1, 0.15) is 46.2 Å². The summed E-state index contributed by atoms with van der Waals surface area (Å²) in [5, 5.41) is 9.19. The highest BCUT2D eigenvalue weighted by Gasteiger charge is 2.24. The summed E-state index contributed by atoms with van der Waals surface area (Å²) in [6, 6.07) is 31.3. The predicted molar refractivity (Wildman–Crippen MR) is 178 cm³/mol. The fourth-order valence-corrected chi connectivity index (χ4v) is 4.95. The van der Waals surface area contributed by atoms with E-state index in [0.717, 1.165) is 10.9 Å². The molecule has 0 aliphatic rings. The number of rotatable bonds is 13. The largest absolute Gasteiger partial charge is 0.462 e. The first kappa shape index (κ1) is 32.5. The van der Waals surface area contributed by atoms with E-state index in [-0.39, 0.29) is 31.9 Å². The van der Waals surface area contributed by atoms with E-state index in [2.05, 4.69) is 16.0 Å². The summed E-state index contributed by atoms with van der Waals surface area (Å²) < 4.78 is 16.1. The molecular weight excluding hydrogens is 598 g/mol. The Labute approximate surface area is 272 Å². The first-order chi connectivity index (χ1) is 22.9. The van der Waals surface area contributed by atoms with E-state index in [0.29, 0.717) is 34.4 Å². The van der Waals surface area contributed by atoms with Crippen LogP contribution in [0.2, 0.25) is 0 Å². The zero-order valence-corrected chi connectivity index (χ0v) is 25.9. The van der Waals surface area contributed by atoms with Crippen LogP contribution in [0, 0.1) is 0 Å². The molecule has 3 N–H and O–H groups in total. The molecule has 3 amide bonds. The zero-order chi connectivity index (χ0) is 33.0. The molecule has 0 unspecified atom stereocenters. The number of hydrogen-bond donors (Lipinski definition) is 3. The summed E-state index contributed by atoms with van der Waals surface area (Å²) in [6.07, 6.45) is -0.0143. The van der Waals surface area contributed by atoms with Crippen molar-refractivity contribution in [3.8, 4) is 11.1 Å². The summed E-state index contributed by atoms with van der Waals surface area (Å²) in [4.78, 5) is 51.6. The molecule has 0 aliphatic carbocycles. The molecule has 0 radical (unpaired) electrons. The molecule has 0 spiro atoms. The van der Waals surface area contributed by atoms with Crippen molar-refractivity contribution in [2.75, 3.05) is 18.5 Å². The van der Waals surface area contributed by atoms with Crippen molar-refractivity contribution in [3.05, 3.63) is 126 Å². The number of carbonyl (C=O) groups excluding carboxylic acids is 4. The number of amides is 3. The number of para-hydroxylation sites is 2. The number of esters is 1. The molecular formula is C37H35N3O7. The average molecular weight is 634 g/mol. The summed E-state index contributed by atoms with van der Waals surface area (Å²) in [7, 11) is 0. The van der Waals surface area contributed by atoms with Crippen LogP contribution >= 0.6 is 0 Å². The standard InChI is InChI=1S/C37H35N3O7/c1-2-45-36(43)28-16-10-15-26(22-28)29-17-7-8-18-30(29)39-34(41)31(40-35(42)33-23-27-14-6-9-20-32(27)47-33)19-11-21-38-37(44)46-24-25-12-4-3-5-13-25/h3-10,12-18,20,22-23,31H,2,11,19,21,24H2,1H3,(H,38,44)(H,39,41)(H,40,42)/t31-/m0/s1. The molecule has 5 rings (SSSR count). The normalized spacial score (nSPS) is 11.3. The van der Waals surface area contributed by atoms with Crippen LogP contribution in [-0.4, -0.2) is 43.1 Å². The fourth-order valence-electron chi connectivity index (χ4n) is 4.95. The number of benzene rings is 4. The third-order valence-electron chi connectivity index (χ3n) is 7.29. The van der Waals surface area contributed by atoms with Crippen LogP contribution in [0.5, 0.6) is 0 Å². The number of fused-ring (bicyclic) bond motifs is 1. The number of hydrogen-bond acceptors (Lipinski definition) is 7. The van der Waals surface area contributed by atoms with Gasteiger partial charge in [-0.2, -0.15) is 0 Å². The summed E-state index contributed by atoms with van der Waals surface area (Å²) in [5.74, 6) is -1.38. The van der Waals surface area contributed by atoms with Gasteiger partial charge in [0.2, 0.25) is 5.91 Å². The molecule has 240 valence electrons. The Morgan fingerprint density at radius 1 is 0.809 bits per heavy atom. The van der Waals surface area contributed by atoms with E-state index in [1.165, 1.54) is 0 Å². The minimum atomic E-state index is -0.975. The molecule has 1 aromatic heterocycles. The maximum Gasteiger partial charge on any atom is 0.407 e. The fraction of sp³-hybridized carbons (Fsp3) is 0.189. The van der Waals surface area contributed by atoms with Gasteiger partial charge in [0.15, 0.2) is 5.76 Å². The highest BCUT2D eigenvalue weighted by molar-refractivity contribution is 6.03. The Balaban J connectivity index is 1.28. The van der Waals surface area contributed by atoms with Gasteiger partial charge in [-0.1, -0.05) is 78.9 Å². The maximum absolute atomic E-state index is 13.7. The van der Waals surface area contributed by atoms with E-state index < -0.39 is 29.9 Å². The van der Waals surface area contributed by atoms with Gasteiger partial charge in [-0.05, 0) is 61.2 Å². The molecule has 1 atom stereocenters. The van der Waals surface area contributed by atoms with Crippen LogP contribution in [0.3, 0.4) is 0 Å². The minimum absolute atomic E-state index is 0.0720. The van der Waals surface area contributed by atoms with Gasteiger partial charge < -0.3 is 29.8 Å². The molecule has 10 nitrogen and oxygen atoms in total. The lowest BCUT2D eigenvalue weighted by Crippen LogP contribution is -2.44. The van der Waals surface area contributed by atoms with Crippen LogP contribution < -0.4 is 16.0 Å². The number of carbonyl (C=O) groups is 4. The van der Waals surface area contributed by atoms with Crippen molar-refractivity contribution in [3.63, 3.8) is 0 Å². The molecule has 1 heterocycles. The molecule has 0 saturated carbocycles. The molecule has 0 saturated heterocycles. The lowest BCUT2D eigenvalue weighted by molar-refractivity contribution is -0.118. The Kier molecular flexibility index (Phi) is 11.0. The SMILES string of the molecule is CCOC(=O)c1cccc(-c2ccccc2NC(=O)[C@H](CCCNC(=O)OCc2ccccc2)NC(=O)c2cc3ccccc3o2)c1. The second kappa shape index (κ2) is 15.9. The molecule has 5 aromatic rings. The quantitative estimate of drug-likeness (QED) is 0.0967. The van der Waals surface area contributed by atoms with Gasteiger partial charge >= 0.3 is 12.1 Å². The van der Waals surface area contributed by atoms with Crippen molar-refractivity contribution in [2.24, 2.45) is 0 Å². The number of nitrogens with one attached hydrogen (secondary N) is 3. The smallest absolute Gasteiger partial charge is 0.407 e. The van der Waals surface area contributed by atoms with Gasteiger partial charge in [-0.15, -0.1) is 0 Å². The second-order valence-corrected chi connectivity index (χ2v) is 10.6. The van der Waals surface area contributed by atoms with Gasteiger partial charge in [-0.3, -0.25) is 9.59 Å². The van der Waals surface area contributed by atoms with Crippen LogP contribution in [0.15, 0.2) is 114 Å². The van der Waals surface area contributed by atoms with Gasteiger partial charge in [0.25, 0.3) is 5.91 Å². The van der Waals surface area contributed by atoms with Crippen molar-refractivity contribution in [1.29, 1.82) is 0 Å². The number of anilines is 1. The van der Waals surface area contributed by atoms with E-state index in [1.807, 2.05) is 66.7 Å². The number of ether oxygens (including phenoxy) is 2. The molecule has 0 fully saturated rings. The first-order valence-electron chi connectivity index (χ1n) is 15.3. The topological polar surface area (TPSA) is 136 Å². The predicted octanol–water partition coefficient (Wildman–Crippen LogP) is 6.72. The monoisotopic (exact) mass is 633 g/mol. The Morgan fingerprint density at radius 2 is 1.57 bits per heavy atom. The molecule has 10 heteroatoms. The van der Waals surface area contributed by atoms with Gasteiger partial charge in [0.1, 0.15) is 18.2 Å². The van der Waals surface area contributed by atoms with Crippen molar-refractivity contribution in [1.82, 2.24) is 10.6 Å². The van der Waals surface area contributed by atoms with E-state index in [4.69, 9.17) is 13.9 Å². The number of alkyl carbamates (subject to hydrolysis) is 1. The Hall–Kier alpha value is -5.90. The molecule has 47 heavy (non-hydrogen) atoms. The molecule has 0 bridgehead atoms. The van der Waals surface area contributed by atoms with Gasteiger partial charge in [0, 0.05) is 23.2 Å². The van der Waals surface area contributed by atoms with Gasteiger partial charge in [0.05, 0.1) is 12.2 Å². The van der Waals surface area contributed by atoms with Crippen LogP contribution in [0.25, 0.3) is 22.1 Å². The number of furan rings is 1. The third-order valence-corrected chi connectivity index (χ3v) is 7.29. The van der Waals surface area contributed by atoms with E-state index in [9.17, 15) is 19.2 Å². The van der Waals surface area contributed by atoms with Crippen LogP contribution in [-0.2, 0) is 20.9 Å².